The molecule has 6 heteroatoms. The van der Waals surface area contributed by atoms with Crippen molar-refractivity contribution in [2.75, 3.05) is 5.32 Å². The fraction of sp³-hybridized carbons (Fsp3) is 0.118. The third-order valence-corrected chi connectivity index (χ3v) is 4.41. The third kappa shape index (κ3) is 3.22. The van der Waals surface area contributed by atoms with Crippen molar-refractivity contribution in [1.29, 1.82) is 0 Å². The molecule has 0 fully saturated rings. The molecule has 0 atom stereocenters. The SMILES string of the molecule is Cc1ccc(C(=O)Nc2nc(C)c(-c3ccccn3)s2)c(O)c1. The molecule has 0 spiro atoms. The van der Waals surface area contributed by atoms with Crippen molar-refractivity contribution >= 4 is 22.4 Å². The van der Waals surface area contributed by atoms with Crippen LogP contribution in [0.3, 0.4) is 0 Å². The van der Waals surface area contributed by atoms with Gasteiger partial charge in [0.2, 0.25) is 0 Å². The molecule has 1 aromatic carbocycles. The molecule has 23 heavy (non-hydrogen) atoms. The predicted molar refractivity (Wildman–Crippen MR) is 90.9 cm³/mol. The van der Waals surface area contributed by atoms with E-state index < -0.39 is 0 Å². The van der Waals surface area contributed by atoms with Crippen LogP contribution in [0.2, 0.25) is 0 Å². The number of nitrogens with zero attached hydrogens (tertiary/aromatic N) is 2. The van der Waals surface area contributed by atoms with Gasteiger partial charge in [-0.3, -0.25) is 15.1 Å². The fourth-order valence-corrected chi connectivity index (χ4v) is 3.12. The lowest BCUT2D eigenvalue weighted by molar-refractivity contribution is 0.102. The minimum absolute atomic E-state index is 0.0410. The number of benzene rings is 1. The number of hydrogen-bond acceptors (Lipinski definition) is 5. The van der Waals surface area contributed by atoms with E-state index in [1.54, 1.807) is 24.4 Å². The first-order valence-electron chi connectivity index (χ1n) is 7.04. The molecule has 0 saturated heterocycles. The average molecular weight is 325 g/mol. The molecule has 0 unspecified atom stereocenters. The number of rotatable bonds is 3. The molecule has 0 aliphatic carbocycles. The summed E-state index contributed by atoms with van der Waals surface area (Å²) in [6.45, 7) is 3.73. The van der Waals surface area contributed by atoms with Gasteiger partial charge in [-0.05, 0) is 43.7 Å². The molecule has 3 rings (SSSR count). The molecule has 2 N–H and O–H groups in total. The maximum Gasteiger partial charge on any atom is 0.261 e. The first-order chi connectivity index (χ1) is 11.0. The van der Waals surface area contributed by atoms with Crippen LogP contribution in [0.4, 0.5) is 5.13 Å². The molecule has 116 valence electrons. The van der Waals surface area contributed by atoms with E-state index in [2.05, 4.69) is 15.3 Å². The van der Waals surface area contributed by atoms with Crippen molar-refractivity contribution < 1.29 is 9.90 Å². The Balaban J connectivity index is 1.85. The van der Waals surface area contributed by atoms with E-state index in [0.717, 1.165) is 21.8 Å². The topological polar surface area (TPSA) is 75.1 Å². The molecule has 2 heterocycles. The zero-order valence-corrected chi connectivity index (χ0v) is 13.5. The van der Waals surface area contributed by atoms with Gasteiger partial charge in [-0.15, -0.1) is 0 Å². The average Bonchev–Trinajstić information content (AvgIpc) is 2.88. The summed E-state index contributed by atoms with van der Waals surface area (Å²) in [7, 11) is 0. The van der Waals surface area contributed by atoms with E-state index in [1.165, 1.54) is 11.3 Å². The minimum Gasteiger partial charge on any atom is -0.507 e. The number of amides is 1. The van der Waals surface area contributed by atoms with Crippen LogP contribution in [0, 0.1) is 13.8 Å². The summed E-state index contributed by atoms with van der Waals surface area (Å²) in [5.74, 6) is -0.426. The van der Waals surface area contributed by atoms with Crippen LogP contribution in [-0.4, -0.2) is 21.0 Å². The summed E-state index contributed by atoms with van der Waals surface area (Å²) in [5.41, 5.74) is 2.74. The molecule has 2 aromatic heterocycles. The summed E-state index contributed by atoms with van der Waals surface area (Å²) in [6.07, 6.45) is 1.72. The Morgan fingerprint density at radius 1 is 1.22 bits per heavy atom. The number of hydrogen-bond donors (Lipinski definition) is 2. The first-order valence-corrected chi connectivity index (χ1v) is 7.86. The maximum absolute atomic E-state index is 12.3. The van der Waals surface area contributed by atoms with Crippen molar-refractivity contribution in [3.8, 4) is 16.3 Å². The number of aromatic nitrogens is 2. The molecule has 0 aliphatic rings. The van der Waals surface area contributed by atoms with Gasteiger partial charge < -0.3 is 5.11 Å². The van der Waals surface area contributed by atoms with Crippen LogP contribution in [0.5, 0.6) is 5.75 Å². The molecule has 0 aliphatic heterocycles. The Labute approximate surface area is 137 Å². The van der Waals surface area contributed by atoms with Gasteiger partial charge in [0.15, 0.2) is 5.13 Å². The number of anilines is 1. The van der Waals surface area contributed by atoms with Gasteiger partial charge in [0.25, 0.3) is 5.91 Å². The zero-order chi connectivity index (χ0) is 16.4. The van der Waals surface area contributed by atoms with Crippen molar-refractivity contribution in [1.82, 2.24) is 9.97 Å². The van der Waals surface area contributed by atoms with Gasteiger partial charge in [0.1, 0.15) is 5.75 Å². The van der Waals surface area contributed by atoms with Gasteiger partial charge in [0.05, 0.1) is 21.8 Å². The van der Waals surface area contributed by atoms with Crippen LogP contribution in [0.25, 0.3) is 10.6 Å². The highest BCUT2D eigenvalue weighted by Gasteiger charge is 2.16. The lowest BCUT2D eigenvalue weighted by Crippen LogP contribution is -2.11. The number of carbonyl (C=O) groups excluding carboxylic acids is 1. The van der Waals surface area contributed by atoms with Crippen LogP contribution in [0.15, 0.2) is 42.6 Å². The third-order valence-electron chi connectivity index (χ3n) is 3.31. The van der Waals surface area contributed by atoms with Crippen LogP contribution in [0.1, 0.15) is 21.6 Å². The van der Waals surface area contributed by atoms with Crippen LogP contribution < -0.4 is 5.32 Å². The Morgan fingerprint density at radius 2 is 2.04 bits per heavy atom. The Morgan fingerprint density at radius 3 is 2.74 bits per heavy atom. The molecule has 1 amide bonds. The number of phenolic OH excluding ortho intramolecular Hbond substituents is 1. The molecule has 0 bridgehead atoms. The van der Waals surface area contributed by atoms with Crippen LogP contribution >= 0.6 is 11.3 Å². The van der Waals surface area contributed by atoms with E-state index in [9.17, 15) is 9.90 Å². The highest BCUT2D eigenvalue weighted by atomic mass is 32.1. The second-order valence-corrected chi connectivity index (χ2v) is 6.12. The molecular formula is C17H15N3O2S. The highest BCUT2D eigenvalue weighted by Crippen LogP contribution is 2.31. The summed E-state index contributed by atoms with van der Waals surface area (Å²) in [6, 6.07) is 10.6. The molecule has 0 saturated carbocycles. The van der Waals surface area contributed by atoms with E-state index in [4.69, 9.17) is 0 Å². The number of pyridine rings is 1. The van der Waals surface area contributed by atoms with Gasteiger partial charge in [0, 0.05) is 6.20 Å². The molecule has 5 nitrogen and oxygen atoms in total. The lowest BCUT2D eigenvalue weighted by Gasteiger charge is -2.04. The maximum atomic E-state index is 12.3. The number of thiazole rings is 1. The monoisotopic (exact) mass is 325 g/mol. The van der Waals surface area contributed by atoms with Gasteiger partial charge >= 0.3 is 0 Å². The highest BCUT2D eigenvalue weighted by molar-refractivity contribution is 7.19. The number of aromatic hydroxyl groups is 1. The van der Waals surface area contributed by atoms with E-state index >= 15 is 0 Å². The minimum atomic E-state index is -0.385. The standard InChI is InChI=1S/C17H15N3O2S/c1-10-6-7-12(14(21)9-10)16(22)20-17-19-11(2)15(23-17)13-5-3-4-8-18-13/h3-9,21H,1-2H3,(H,19,20,22). The fourth-order valence-electron chi connectivity index (χ4n) is 2.18. The van der Waals surface area contributed by atoms with Gasteiger partial charge in [-0.25, -0.2) is 4.98 Å². The van der Waals surface area contributed by atoms with E-state index in [1.807, 2.05) is 32.0 Å². The Kier molecular flexibility index (Phi) is 4.08. The normalized spacial score (nSPS) is 10.5. The van der Waals surface area contributed by atoms with Crippen molar-refractivity contribution in [3.63, 3.8) is 0 Å². The van der Waals surface area contributed by atoms with Crippen LogP contribution in [-0.2, 0) is 0 Å². The quantitative estimate of drug-likeness (QED) is 0.768. The van der Waals surface area contributed by atoms with Crippen molar-refractivity contribution in [2.45, 2.75) is 13.8 Å². The first kappa shape index (κ1) is 15.2. The van der Waals surface area contributed by atoms with Gasteiger partial charge in [-0.2, -0.15) is 0 Å². The summed E-state index contributed by atoms with van der Waals surface area (Å²) < 4.78 is 0. The number of aryl methyl sites for hydroxylation is 2. The molecule has 0 radical (unpaired) electrons. The van der Waals surface area contributed by atoms with Gasteiger partial charge in [-0.1, -0.05) is 23.5 Å². The number of nitrogens with one attached hydrogen (secondary N) is 1. The smallest absolute Gasteiger partial charge is 0.261 e. The second-order valence-electron chi connectivity index (χ2n) is 5.12. The Hall–Kier alpha value is -2.73. The Bertz CT molecular complexity index is 860. The van der Waals surface area contributed by atoms with Crippen molar-refractivity contribution in [3.05, 3.63) is 59.4 Å². The zero-order valence-electron chi connectivity index (χ0n) is 12.7. The molecule has 3 aromatic rings. The predicted octanol–water partition coefficient (Wildman–Crippen LogP) is 3.78. The summed E-state index contributed by atoms with van der Waals surface area (Å²) in [4.78, 5) is 21.9. The largest absolute Gasteiger partial charge is 0.507 e. The van der Waals surface area contributed by atoms with E-state index in [-0.39, 0.29) is 17.2 Å². The van der Waals surface area contributed by atoms with Crippen molar-refractivity contribution in [2.24, 2.45) is 0 Å². The molecular weight excluding hydrogens is 310 g/mol. The summed E-state index contributed by atoms with van der Waals surface area (Å²) >= 11 is 1.36. The summed E-state index contributed by atoms with van der Waals surface area (Å²) in [5, 5.41) is 13.1. The number of phenols is 1. The van der Waals surface area contributed by atoms with E-state index in [0.29, 0.717) is 5.13 Å². The second kappa shape index (κ2) is 6.18. The lowest BCUT2D eigenvalue weighted by atomic mass is 10.1. The number of carbonyl (C=O) groups is 1.